The molecule has 0 atom stereocenters. The summed E-state index contributed by atoms with van der Waals surface area (Å²) in [6.07, 6.45) is 7.63. The first-order chi connectivity index (χ1) is 9.34. The molecule has 92 valence electrons. The molecule has 0 fully saturated rings. The average Bonchev–Trinajstić information content (AvgIpc) is 2.49. The van der Waals surface area contributed by atoms with Crippen LogP contribution in [0.15, 0.2) is 73.3 Å². The highest BCUT2D eigenvalue weighted by Crippen LogP contribution is 2.17. The zero-order valence-corrected chi connectivity index (χ0v) is 10.4. The predicted octanol–water partition coefficient (Wildman–Crippen LogP) is 2.61. The summed E-state index contributed by atoms with van der Waals surface area (Å²) >= 11 is 0. The lowest BCUT2D eigenvalue weighted by Gasteiger charge is -2.02. The molecule has 3 aromatic rings. The van der Waals surface area contributed by atoms with Crippen LogP contribution in [0.3, 0.4) is 0 Å². The van der Waals surface area contributed by atoms with Gasteiger partial charge in [0.05, 0.1) is 0 Å². The molecule has 0 aliphatic rings. The first kappa shape index (κ1) is 11.4. The van der Waals surface area contributed by atoms with Crippen LogP contribution in [0.4, 0.5) is 5.69 Å². The van der Waals surface area contributed by atoms with Crippen molar-refractivity contribution in [2.24, 2.45) is 0 Å². The van der Waals surface area contributed by atoms with Gasteiger partial charge in [-0.2, -0.15) is 4.57 Å². The first-order valence-electron chi connectivity index (χ1n) is 6.11. The minimum Gasteiger partial charge on any atom is -0.393 e. The Morgan fingerprint density at radius 2 is 1.42 bits per heavy atom. The predicted molar refractivity (Wildman–Crippen MR) is 75.6 cm³/mol. The number of nitrogens with zero attached hydrogens (tertiary/aromatic N) is 2. The second-order valence-electron chi connectivity index (χ2n) is 4.29. The topological polar surface area (TPSA) is 42.8 Å². The summed E-state index contributed by atoms with van der Waals surface area (Å²) in [6.45, 7) is 0. The Morgan fingerprint density at radius 1 is 0.789 bits per heavy atom. The van der Waals surface area contributed by atoms with Crippen molar-refractivity contribution in [3.05, 3.63) is 73.3 Å². The smallest absolute Gasteiger partial charge is 0.233 e. The van der Waals surface area contributed by atoms with Gasteiger partial charge in [-0.05, 0) is 29.3 Å². The lowest BCUT2D eigenvalue weighted by molar-refractivity contribution is -0.594. The lowest BCUT2D eigenvalue weighted by Crippen LogP contribution is -2.30. The van der Waals surface area contributed by atoms with Crippen LogP contribution in [0.1, 0.15) is 0 Å². The third-order valence-electron chi connectivity index (χ3n) is 3.06. The standard InChI is InChI=1S/C16H14N3/c17-15-3-1-2-4-16(15)19-11-7-14(8-12-19)13-5-9-18-10-6-13/h1-12H,17H2/q+1. The summed E-state index contributed by atoms with van der Waals surface area (Å²) in [5, 5.41) is 0. The number of pyridine rings is 2. The van der Waals surface area contributed by atoms with Gasteiger partial charge in [0, 0.05) is 30.6 Å². The molecule has 0 aliphatic carbocycles. The summed E-state index contributed by atoms with van der Waals surface area (Å²) in [7, 11) is 0. The van der Waals surface area contributed by atoms with E-state index in [9.17, 15) is 0 Å². The van der Waals surface area contributed by atoms with Gasteiger partial charge in [0.15, 0.2) is 12.4 Å². The number of nitrogens with two attached hydrogens (primary N) is 1. The van der Waals surface area contributed by atoms with E-state index in [0.29, 0.717) is 0 Å². The van der Waals surface area contributed by atoms with Crippen LogP contribution in [0, 0.1) is 0 Å². The highest BCUT2D eigenvalue weighted by molar-refractivity contribution is 5.61. The zero-order valence-electron chi connectivity index (χ0n) is 10.4. The molecule has 0 bridgehead atoms. The van der Waals surface area contributed by atoms with E-state index in [4.69, 9.17) is 5.73 Å². The van der Waals surface area contributed by atoms with Crippen LogP contribution in [0.2, 0.25) is 0 Å². The highest BCUT2D eigenvalue weighted by atomic mass is 15.0. The van der Waals surface area contributed by atoms with Crippen LogP contribution >= 0.6 is 0 Å². The van der Waals surface area contributed by atoms with Crippen molar-refractivity contribution in [3.63, 3.8) is 0 Å². The first-order valence-corrected chi connectivity index (χ1v) is 6.11. The van der Waals surface area contributed by atoms with E-state index in [1.165, 1.54) is 0 Å². The molecule has 3 heteroatoms. The number of rotatable bonds is 2. The van der Waals surface area contributed by atoms with Gasteiger partial charge in [-0.3, -0.25) is 4.98 Å². The molecule has 1 aromatic carbocycles. The molecule has 3 rings (SSSR count). The fraction of sp³-hybridized carbons (Fsp3) is 0. The maximum Gasteiger partial charge on any atom is 0.233 e. The molecule has 2 aromatic heterocycles. The van der Waals surface area contributed by atoms with Crippen molar-refractivity contribution >= 4 is 5.69 Å². The summed E-state index contributed by atoms with van der Waals surface area (Å²) in [6, 6.07) is 16.0. The molecule has 0 aliphatic heterocycles. The average molecular weight is 248 g/mol. The molecule has 19 heavy (non-hydrogen) atoms. The minimum atomic E-state index is 0.768. The Morgan fingerprint density at radius 3 is 2.11 bits per heavy atom. The van der Waals surface area contributed by atoms with E-state index in [1.54, 1.807) is 12.4 Å². The minimum absolute atomic E-state index is 0.768. The van der Waals surface area contributed by atoms with E-state index >= 15 is 0 Å². The highest BCUT2D eigenvalue weighted by Gasteiger charge is 2.09. The van der Waals surface area contributed by atoms with Gasteiger partial charge in [0.1, 0.15) is 5.69 Å². The second kappa shape index (κ2) is 4.90. The Kier molecular flexibility index (Phi) is 2.94. The molecule has 2 heterocycles. The van der Waals surface area contributed by atoms with Gasteiger partial charge in [-0.1, -0.05) is 12.1 Å². The molecule has 0 spiro atoms. The molecule has 0 unspecified atom stereocenters. The van der Waals surface area contributed by atoms with E-state index < -0.39 is 0 Å². The van der Waals surface area contributed by atoms with Crippen LogP contribution in [0.25, 0.3) is 16.8 Å². The largest absolute Gasteiger partial charge is 0.393 e. The van der Waals surface area contributed by atoms with E-state index in [2.05, 4.69) is 17.1 Å². The Labute approximate surface area is 112 Å². The Hall–Kier alpha value is -2.68. The molecule has 0 radical (unpaired) electrons. The number of nitrogen functional groups attached to an aromatic ring is 1. The number of para-hydroxylation sites is 2. The van der Waals surface area contributed by atoms with Crippen molar-refractivity contribution in [1.29, 1.82) is 0 Å². The number of benzene rings is 1. The monoisotopic (exact) mass is 248 g/mol. The van der Waals surface area contributed by atoms with Gasteiger partial charge in [-0.25, -0.2) is 0 Å². The van der Waals surface area contributed by atoms with Crippen LogP contribution in [-0.2, 0) is 0 Å². The van der Waals surface area contributed by atoms with Gasteiger partial charge >= 0.3 is 0 Å². The van der Waals surface area contributed by atoms with E-state index in [-0.39, 0.29) is 0 Å². The Bertz CT molecular complexity index is 676. The summed E-state index contributed by atoms with van der Waals surface area (Å²) < 4.78 is 2.01. The van der Waals surface area contributed by atoms with Gasteiger partial charge in [-0.15, -0.1) is 0 Å². The summed E-state index contributed by atoms with van der Waals surface area (Å²) in [5.74, 6) is 0. The van der Waals surface area contributed by atoms with Crippen molar-refractivity contribution in [2.45, 2.75) is 0 Å². The van der Waals surface area contributed by atoms with Crippen molar-refractivity contribution < 1.29 is 4.57 Å². The van der Waals surface area contributed by atoms with E-state index in [0.717, 1.165) is 22.5 Å². The van der Waals surface area contributed by atoms with Crippen molar-refractivity contribution in [1.82, 2.24) is 4.98 Å². The molecular formula is C16H14N3+. The zero-order chi connectivity index (χ0) is 13.1. The van der Waals surface area contributed by atoms with Crippen molar-refractivity contribution in [3.8, 4) is 16.8 Å². The molecule has 0 amide bonds. The number of hydrogen-bond acceptors (Lipinski definition) is 2. The summed E-state index contributed by atoms with van der Waals surface area (Å²) in [5.41, 5.74) is 10.0. The Balaban J connectivity index is 1.98. The molecule has 3 nitrogen and oxygen atoms in total. The van der Waals surface area contributed by atoms with Crippen LogP contribution in [0.5, 0.6) is 0 Å². The second-order valence-corrected chi connectivity index (χ2v) is 4.29. The maximum absolute atomic E-state index is 5.97. The normalized spacial score (nSPS) is 10.3. The fourth-order valence-corrected chi connectivity index (χ4v) is 2.05. The van der Waals surface area contributed by atoms with Gasteiger partial charge in [0.25, 0.3) is 0 Å². The van der Waals surface area contributed by atoms with Gasteiger partial charge < -0.3 is 5.73 Å². The SMILES string of the molecule is Nc1ccccc1-[n+]1ccc(-c2ccncc2)cc1. The van der Waals surface area contributed by atoms with Gasteiger partial charge in [0.2, 0.25) is 5.69 Å². The molecular weight excluding hydrogens is 234 g/mol. The fourth-order valence-electron chi connectivity index (χ4n) is 2.05. The molecule has 2 N–H and O–H groups in total. The van der Waals surface area contributed by atoms with Crippen LogP contribution in [-0.4, -0.2) is 4.98 Å². The third kappa shape index (κ3) is 2.31. The lowest BCUT2D eigenvalue weighted by atomic mass is 10.1. The number of anilines is 1. The van der Waals surface area contributed by atoms with Crippen LogP contribution < -0.4 is 10.3 Å². The maximum atomic E-state index is 5.97. The molecule has 0 saturated carbocycles. The number of hydrogen-bond donors (Lipinski definition) is 1. The number of aromatic nitrogens is 2. The third-order valence-corrected chi connectivity index (χ3v) is 3.06. The molecule has 0 saturated heterocycles. The van der Waals surface area contributed by atoms with Crippen molar-refractivity contribution in [2.75, 3.05) is 5.73 Å². The summed E-state index contributed by atoms with van der Waals surface area (Å²) in [4.78, 5) is 4.03. The quantitative estimate of drug-likeness (QED) is 0.559. The van der Waals surface area contributed by atoms with E-state index in [1.807, 2.05) is 53.4 Å².